The van der Waals surface area contributed by atoms with Crippen LogP contribution in [0.25, 0.3) is 0 Å². The van der Waals surface area contributed by atoms with Crippen LogP contribution < -0.4 is 0 Å². The molecule has 0 heterocycles. The van der Waals surface area contributed by atoms with Gasteiger partial charge in [0.1, 0.15) is 0 Å². The fourth-order valence-electron chi connectivity index (χ4n) is 4.98. The van der Waals surface area contributed by atoms with E-state index in [1.165, 1.54) is 82.6 Å². The first-order valence-electron chi connectivity index (χ1n) is 8.72. The Morgan fingerprint density at radius 3 is 2.42 bits per heavy atom. The average molecular weight is 262 g/mol. The maximum Gasteiger partial charge on any atom is 0.0887 e. The third-order valence-corrected chi connectivity index (χ3v) is 6.00. The predicted molar refractivity (Wildman–Crippen MR) is 80.0 cm³/mol. The van der Waals surface area contributed by atoms with Crippen LogP contribution in [0.3, 0.4) is 0 Å². The van der Waals surface area contributed by atoms with Crippen LogP contribution in [0.1, 0.15) is 83.5 Å². The molecule has 0 aromatic rings. The van der Waals surface area contributed by atoms with Crippen LogP contribution in [-0.4, -0.2) is 10.7 Å². The number of hydrogen-bond donors (Lipinski definition) is 1. The molecule has 0 aliphatic heterocycles. The topological polar surface area (TPSA) is 20.2 Å². The summed E-state index contributed by atoms with van der Waals surface area (Å²) in [6, 6.07) is 0. The fourth-order valence-corrected chi connectivity index (χ4v) is 4.98. The van der Waals surface area contributed by atoms with E-state index < -0.39 is 5.60 Å². The Kier molecular flexibility index (Phi) is 4.31. The van der Waals surface area contributed by atoms with Crippen molar-refractivity contribution in [3.8, 4) is 0 Å². The molecule has 1 heteroatoms. The van der Waals surface area contributed by atoms with Gasteiger partial charge in [-0.1, -0.05) is 51.0 Å². The molecule has 108 valence electrons. The zero-order valence-corrected chi connectivity index (χ0v) is 12.4. The van der Waals surface area contributed by atoms with Gasteiger partial charge in [-0.15, -0.1) is 0 Å². The molecular weight excluding hydrogens is 232 g/mol. The van der Waals surface area contributed by atoms with Crippen LogP contribution in [0.4, 0.5) is 0 Å². The van der Waals surface area contributed by atoms with Gasteiger partial charge in [-0.05, 0) is 55.9 Å². The smallest absolute Gasteiger partial charge is 0.0887 e. The molecule has 0 saturated heterocycles. The summed E-state index contributed by atoms with van der Waals surface area (Å²) in [6.07, 6.45) is 19.3. The highest BCUT2D eigenvalue weighted by Gasteiger charge is 2.45. The lowest BCUT2D eigenvalue weighted by Crippen LogP contribution is -2.46. The van der Waals surface area contributed by atoms with E-state index in [2.05, 4.69) is 6.08 Å². The van der Waals surface area contributed by atoms with Crippen LogP contribution in [-0.2, 0) is 0 Å². The molecule has 3 aliphatic rings. The van der Waals surface area contributed by atoms with Crippen LogP contribution in [0.2, 0.25) is 0 Å². The molecule has 2 saturated carbocycles. The van der Waals surface area contributed by atoms with Crippen molar-refractivity contribution in [2.75, 3.05) is 0 Å². The van der Waals surface area contributed by atoms with Gasteiger partial charge in [0.2, 0.25) is 0 Å². The van der Waals surface area contributed by atoms with Crippen molar-refractivity contribution in [2.45, 2.75) is 89.1 Å². The lowest BCUT2D eigenvalue weighted by molar-refractivity contribution is -0.0511. The number of aliphatic hydroxyl groups is 1. The Bertz CT molecular complexity index is 327. The number of rotatable bonds is 2. The molecule has 1 nitrogen and oxygen atoms in total. The molecule has 2 atom stereocenters. The Morgan fingerprint density at radius 1 is 0.895 bits per heavy atom. The quantitative estimate of drug-likeness (QED) is 0.695. The minimum atomic E-state index is -0.416. The van der Waals surface area contributed by atoms with E-state index in [-0.39, 0.29) is 0 Å². The molecule has 0 radical (unpaired) electrons. The van der Waals surface area contributed by atoms with Crippen molar-refractivity contribution in [3.63, 3.8) is 0 Å². The summed E-state index contributed by atoms with van der Waals surface area (Å²) < 4.78 is 0. The van der Waals surface area contributed by atoms with Gasteiger partial charge in [-0.2, -0.15) is 0 Å². The summed E-state index contributed by atoms with van der Waals surface area (Å²) in [5.41, 5.74) is 1.01. The summed E-state index contributed by atoms with van der Waals surface area (Å²) in [6.45, 7) is 0. The minimum Gasteiger partial charge on any atom is -0.385 e. The zero-order valence-electron chi connectivity index (χ0n) is 12.4. The molecule has 3 rings (SSSR count). The third kappa shape index (κ3) is 2.77. The normalized spacial score (nSPS) is 37.9. The van der Waals surface area contributed by atoms with Crippen molar-refractivity contribution in [3.05, 3.63) is 11.6 Å². The molecule has 19 heavy (non-hydrogen) atoms. The van der Waals surface area contributed by atoms with E-state index in [1.54, 1.807) is 0 Å². The van der Waals surface area contributed by atoms with Gasteiger partial charge in [0.05, 0.1) is 5.60 Å². The van der Waals surface area contributed by atoms with E-state index in [0.29, 0.717) is 5.92 Å². The van der Waals surface area contributed by atoms with Crippen LogP contribution in [0, 0.1) is 11.8 Å². The fraction of sp³-hybridized carbons (Fsp3) is 0.889. The van der Waals surface area contributed by atoms with Gasteiger partial charge in [0.15, 0.2) is 0 Å². The molecule has 0 amide bonds. The van der Waals surface area contributed by atoms with Crippen LogP contribution in [0.15, 0.2) is 11.6 Å². The Morgan fingerprint density at radius 2 is 1.68 bits per heavy atom. The highest BCUT2D eigenvalue weighted by molar-refractivity contribution is 5.22. The van der Waals surface area contributed by atoms with Gasteiger partial charge in [0, 0.05) is 0 Å². The van der Waals surface area contributed by atoms with Crippen molar-refractivity contribution in [1.82, 2.24) is 0 Å². The minimum absolute atomic E-state index is 0.416. The van der Waals surface area contributed by atoms with Crippen LogP contribution >= 0.6 is 0 Å². The molecule has 0 aromatic carbocycles. The molecule has 3 aliphatic carbocycles. The molecule has 0 aromatic heterocycles. The second-order valence-electron chi connectivity index (χ2n) is 7.15. The number of allylic oxidation sites excluding steroid dienone is 1. The maximum absolute atomic E-state index is 11.4. The average Bonchev–Trinajstić information content (AvgIpc) is 2.49. The largest absolute Gasteiger partial charge is 0.385 e. The molecular formula is C18H30O. The molecule has 2 unspecified atom stereocenters. The van der Waals surface area contributed by atoms with Crippen molar-refractivity contribution >= 4 is 0 Å². The first kappa shape index (κ1) is 13.7. The monoisotopic (exact) mass is 262 g/mol. The van der Waals surface area contributed by atoms with Crippen molar-refractivity contribution in [2.24, 2.45) is 11.8 Å². The van der Waals surface area contributed by atoms with Gasteiger partial charge >= 0.3 is 0 Å². The van der Waals surface area contributed by atoms with E-state index in [4.69, 9.17) is 0 Å². The summed E-state index contributed by atoms with van der Waals surface area (Å²) in [7, 11) is 0. The van der Waals surface area contributed by atoms with Gasteiger partial charge < -0.3 is 5.11 Å². The summed E-state index contributed by atoms with van der Waals surface area (Å²) in [4.78, 5) is 0. The lowest BCUT2D eigenvalue weighted by atomic mass is 9.62. The van der Waals surface area contributed by atoms with Crippen molar-refractivity contribution in [1.29, 1.82) is 0 Å². The first-order chi connectivity index (χ1) is 9.31. The second-order valence-corrected chi connectivity index (χ2v) is 7.15. The van der Waals surface area contributed by atoms with Gasteiger partial charge in [-0.3, -0.25) is 0 Å². The van der Waals surface area contributed by atoms with E-state index >= 15 is 0 Å². The Hall–Kier alpha value is -0.300. The second kappa shape index (κ2) is 5.99. The lowest BCUT2D eigenvalue weighted by Gasteiger charge is -2.47. The highest BCUT2D eigenvalue weighted by Crippen LogP contribution is 2.48. The van der Waals surface area contributed by atoms with Gasteiger partial charge in [0.25, 0.3) is 0 Å². The molecule has 1 N–H and O–H groups in total. The standard InChI is InChI=1S/C18H30O/c19-18(16-11-5-2-6-12-16)14-8-7-13-17(18)15-9-3-1-4-10-15/h11,15,17,19H,1-10,12-14H2. The van der Waals surface area contributed by atoms with Crippen LogP contribution in [0.5, 0.6) is 0 Å². The molecule has 0 spiro atoms. The van der Waals surface area contributed by atoms with E-state index in [9.17, 15) is 5.11 Å². The van der Waals surface area contributed by atoms with Gasteiger partial charge in [-0.25, -0.2) is 0 Å². The van der Waals surface area contributed by atoms with E-state index in [1.807, 2.05) is 0 Å². The van der Waals surface area contributed by atoms with E-state index in [0.717, 1.165) is 12.3 Å². The molecule has 0 bridgehead atoms. The Labute approximate surface area is 118 Å². The zero-order chi connectivity index (χ0) is 13.1. The SMILES string of the molecule is OC1(C2=CCCCC2)CCCCC1C1CCCCC1. The summed E-state index contributed by atoms with van der Waals surface area (Å²) in [5.74, 6) is 1.38. The third-order valence-electron chi connectivity index (χ3n) is 6.00. The van der Waals surface area contributed by atoms with Crippen molar-refractivity contribution < 1.29 is 5.11 Å². The predicted octanol–water partition coefficient (Wildman–Crippen LogP) is 4.99. The molecule has 2 fully saturated rings. The summed E-state index contributed by atoms with van der Waals surface area (Å²) in [5, 5.41) is 11.4. The summed E-state index contributed by atoms with van der Waals surface area (Å²) >= 11 is 0. The Balaban J connectivity index is 1.80. The highest BCUT2D eigenvalue weighted by atomic mass is 16.3. The number of hydrogen-bond acceptors (Lipinski definition) is 1. The maximum atomic E-state index is 11.4. The first-order valence-corrected chi connectivity index (χ1v) is 8.72.